The van der Waals surface area contributed by atoms with E-state index >= 15 is 0 Å². The molecule has 1 rings (SSSR count). The first-order chi connectivity index (χ1) is 11.4. The van der Waals surface area contributed by atoms with Gasteiger partial charge in [-0.1, -0.05) is 19.6 Å². The maximum Gasteiger partial charge on any atom is 0.248 e. The third kappa shape index (κ3) is 5.69. The first-order valence-corrected chi connectivity index (χ1v) is 8.96. The van der Waals surface area contributed by atoms with Gasteiger partial charge in [-0.25, -0.2) is 8.78 Å². The molecule has 1 amide bonds. The van der Waals surface area contributed by atoms with E-state index in [1.165, 1.54) is 12.3 Å². The normalized spacial score (nSPS) is 22.4. The highest BCUT2D eigenvalue weighted by Crippen LogP contribution is 2.45. The maximum atomic E-state index is 13.3. The van der Waals surface area contributed by atoms with Crippen LogP contribution in [0.2, 0.25) is 0 Å². The average Bonchev–Trinajstić information content (AvgIpc) is 2.55. The van der Waals surface area contributed by atoms with E-state index in [1.54, 1.807) is 13.0 Å². The van der Waals surface area contributed by atoms with E-state index in [9.17, 15) is 18.7 Å². The molecule has 4 nitrogen and oxygen atoms in total. The molecule has 0 saturated heterocycles. The van der Waals surface area contributed by atoms with E-state index in [-0.39, 0.29) is 29.2 Å². The van der Waals surface area contributed by atoms with Crippen LogP contribution in [-0.4, -0.2) is 22.5 Å². The third-order valence-electron chi connectivity index (χ3n) is 4.28. The van der Waals surface area contributed by atoms with Crippen LogP contribution in [0, 0.1) is 5.92 Å². The molecule has 0 aromatic heterocycles. The Bertz CT molecular complexity index is 635. The average molecular weight is 437 g/mol. The topological polar surface area (TPSA) is 89.3 Å². The number of hydrogen-bond donors (Lipinski definition) is 4. The Balaban J connectivity index is 3.05. The highest BCUT2D eigenvalue weighted by Gasteiger charge is 2.44. The fourth-order valence-corrected chi connectivity index (χ4v) is 3.61. The summed E-state index contributed by atoms with van der Waals surface area (Å²) < 4.78 is 27.1. The third-order valence-corrected chi connectivity index (χ3v) is 6.13. The molecule has 1 aliphatic carbocycles. The predicted octanol–water partition coefficient (Wildman–Crippen LogP) is 3.54. The summed E-state index contributed by atoms with van der Waals surface area (Å²) in [5.74, 6) is -3.73. The van der Waals surface area contributed by atoms with Crippen molar-refractivity contribution in [3.8, 4) is 0 Å². The molecule has 1 fully saturated rings. The fourth-order valence-electron chi connectivity index (χ4n) is 2.52. The molecule has 0 bridgehead atoms. The van der Waals surface area contributed by atoms with Crippen LogP contribution in [0.5, 0.6) is 0 Å². The lowest BCUT2D eigenvalue weighted by atomic mass is 9.81. The van der Waals surface area contributed by atoms with Gasteiger partial charge < -0.3 is 16.6 Å². The molecule has 0 aliphatic heterocycles. The molecule has 8 heteroatoms. The Kier molecular flexibility index (Phi) is 7.46. The lowest BCUT2D eigenvalue weighted by Gasteiger charge is -2.37. The molecular formula is C17H23BrF2N2O2S. The number of rotatable bonds is 6. The van der Waals surface area contributed by atoms with Gasteiger partial charge in [0.25, 0.3) is 0 Å². The van der Waals surface area contributed by atoms with E-state index < -0.39 is 30.3 Å². The number of aliphatic hydroxyl groups is 1. The molecule has 0 spiro atoms. The summed E-state index contributed by atoms with van der Waals surface area (Å²) in [4.78, 5) is 11.6. The minimum atomic E-state index is -2.76. The molecule has 25 heavy (non-hydrogen) atoms. The van der Waals surface area contributed by atoms with Crippen molar-refractivity contribution < 1.29 is 18.7 Å². The van der Waals surface area contributed by atoms with E-state index in [2.05, 4.69) is 35.1 Å². The lowest BCUT2D eigenvalue weighted by molar-refractivity contribution is -0.114. The van der Waals surface area contributed by atoms with Crippen LogP contribution >= 0.6 is 28.6 Å². The van der Waals surface area contributed by atoms with Gasteiger partial charge in [0.1, 0.15) is 0 Å². The molecule has 0 radical (unpaired) electrons. The zero-order chi connectivity index (χ0) is 19.4. The summed E-state index contributed by atoms with van der Waals surface area (Å²) in [5, 5.41) is 10.7. The van der Waals surface area contributed by atoms with E-state index in [0.29, 0.717) is 10.1 Å². The number of amides is 1. The van der Waals surface area contributed by atoms with Crippen LogP contribution < -0.4 is 11.5 Å². The summed E-state index contributed by atoms with van der Waals surface area (Å²) in [6, 6.07) is 0. The molecule has 0 aromatic rings. The van der Waals surface area contributed by atoms with Crippen molar-refractivity contribution in [2.45, 2.75) is 44.1 Å². The largest absolute Gasteiger partial charge is 0.405 e. The van der Waals surface area contributed by atoms with E-state index in [0.717, 1.165) is 0 Å². The quantitative estimate of drug-likeness (QED) is 0.291. The van der Waals surface area contributed by atoms with Crippen molar-refractivity contribution in [2.75, 3.05) is 0 Å². The summed E-state index contributed by atoms with van der Waals surface area (Å²) in [5.41, 5.74) is 9.88. The minimum absolute atomic E-state index is 0.0894. The van der Waals surface area contributed by atoms with Gasteiger partial charge in [0.15, 0.2) is 0 Å². The van der Waals surface area contributed by atoms with Crippen molar-refractivity contribution in [1.29, 1.82) is 0 Å². The second-order valence-electron chi connectivity index (χ2n) is 6.21. The van der Waals surface area contributed by atoms with Crippen LogP contribution in [-0.2, 0) is 4.79 Å². The van der Waals surface area contributed by atoms with Crippen molar-refractivity contribution in [3.63, 3.8) is 0 Å². The van der Waals surface area contributed by atoms with Gasteiger partial charge in [-0.2, -0.15) is 0 Å². The Morgan fingerprint density at radius 1 is 1.36 bits per heavy atom. The molecule has 1 saturated carbocycles. The lowest BCUT2D eigenvalue weighted by Crippen LogP contribution is -2.39. The fraction of sp³-hybridized carbons (Fsp3) is 0.471. The second-order valence-corrected chi connectivity index (χ2v) is 7.45. The highest BCUT2D eigenvalue weighted by molar-refractivity contribution is 9.12. The maximum absolute atomic E-state index is 13.3. The summed E-state index contributed by atoms with van der Waals surface area (Å²) in [6.45, 7) is 5.71. The molecule has 1 aliphatic rings. The molecule has 0 unspecified atom stereocenters. The van der Waals surface area contributed by atoms with E-state index in [4.69, 9.17) is 11.5 Å². The SMILES string of the molecule is C=C(/C(Br)=C(\S)C1(O)CCC(F)(F)CC1)[C@H](C)/C=C(\C=C/N)C(N)=O. The molecule has 1 atom stereocenters. The highest BCUT2D eigenvalue weighted by atomic mass is 79.9. The first kappa shape index (κ1) is 21.9. The standard InChI is InChI=1S/C17H23BrF2N2O2S/c1-10(9-12(3-8-21)15(22)23)11(2)13(18)14(25)16(24)4-6-17(19,20)7-5-16/h3,8-10,24-25H,2,4-7,21H2,1H3,(H2,22,23)/b8-3-,12-9+,14-13+/t10-/m1/s1. The molecule has 5 N–H and O–H groups in total. The number of hydrogen-bond acceptors (Lipinski definition) is 4. The van der Waals surface area contributed by atoms with E-state index in [1.807, 2.05) is 0 Å². The van der Waals surface area contributed by atoms with Gasteiger partial charge in [0, 0.05) is 33.7 Å². The number of primary amides is 1. The van der Waals surface area contributed by atoms with Gasteiger partial charge >= 0.3 is 0 Å². The zero-order valence-corrected chi connectivity index (χ0v) is 16.4. The van der Waals surface area contributed by atoms with Crippen LogP contribution in [0.1, 0.15) is 32.6 Å². The van der Waals surface area contributed by atoms with Crippen LogP contribution in [0.4, 0.5) is 8.78 Å². The van der Waals surface area contributed by atoms with Crippen molar-refractivity contribution in [2.24, 2.45) is 17.4 Å². The predicted molar refractivity (Wildman–Crippen MR) is 102 cm³/mol. The van der Waals surface area contributed by atoms with Gasteiger partial charge in [-0.3, -0.25) is 4.79 Å². The van der Waals surface area contributed by atoms with Crippen LogP contribution in [0.3, 0.4) is 0 Å². The minimum Gasteiger partial charge on any atom is -0.405 e. The Morgan fingerprint density at radius 3 is 2.32 bits per heavy atom. The number of carbonyl (C=O) groups excluding carboxylic acids is 1. The van der Waals surface area contributed by atoms with Gasteiger partial charge in [0.2, 0.25) is 11.8 Å². The second kappa shape index (κ2) is 8.51. The summed E-state index contributed by atoms with van der Waals surface area (Å²) in [7, 11) is 0. The van der Waals surface area contributed by atoms with Crippen LogP contribution in [0.15, 0.2) is 45.5 Å². The van der Waals surface area contributed by atoms with Crippen molar-refractivity contribution in [1.82, 2.24) is 0 Å². The van der Waals surface area contributed by atoms with Crippen molar-refractivity contribution in [3.05, 3.63) is 45.5 Å². The molecule has 0 heterocycles. The number of nitrogens with two attached hydrogens (primary N) is 2. The van der Waals surface area contributed by atoms with Gasteiger partial charge in [0.05, 0.1) is 5.60 Å². The number of halogens is 3. The summed E-state index contributed by atoms with van der Waals surface area (Å²) >= 11 is 7.69. The number of allylic oxidation sites excluding steroid dienone is 3. The van der Waals surface area contributed by atoms with Gasteiger partial charge in [-0.15, -0.1) is 12.6 Å². The molecular weight excluding hydrogens is 414 g/mol. The monoisotopic (exact) mass is 436 g/mol. The zero-order valence-electron chi connectivity index (χ0n) is 13.9. The molecule has 0 aromatic carbocycles. The summed E-state index contributed by atoms with van der Waals surface area (Å²) in [6.07, 6.45) is 3.18. The van der Waals surface area contributed by atoms with Gasteiger partial charge in [-0.05, 0) is 46.6 Å². The number of carbonyl (C=O) groups is 1. The van der Waals surface area contributed by atoms with Crippen LogP contribution in [0.25, 0.3) is 0 Å². The number of thiol groups is 1. The number of alkyl halides is 2. The Hall–Kier alpha value is -1.12. The Labute approximate surface area is 160 Å². The van der Waals surface area contributed by atoms with Crippen molar-refractivity contribution >= 4 is 34.5 Å². The first-order valence-electron chi connectivity index (χ1n) is 7.72. The smallest absolute Gasteiger partial charge is 0.248 e. The molecule has 140 valence electrons. The Morgan fingerprint density at radius 2 is 1.88 bits per heavy atom.